The molecule has 0 amide bonds. The Morgan fingerprint density at radius 1 is 0.913 bits per heavy atom. The quantitative estimate of drug-likeness (QED) is 0.339. The van der Waals surface area contributed by atoms with E-state index >= 15 is 0 Å². The van der Waals surface area contributed by atoms with E-state index in [1.165, 1.54) is 31.4 Å². The molecule has 0 saturated heterocycles. The molecule has 0 bridgehead atoms. The lowest BCUT2D eigenvalue weighted by Gasteiger charge is -2.26. The molecule has 2 fully saturated rings. The molecule has 0 atom stereocenters. The number of nitrogens with one attached hydrogen (secondary N) is 1. The van der Waals surface area contributed by atoms with E-state index in [1.807, 2.05) is 0 Å². The molecule has 2 aliphatic rings. The predicted molar refractivity (Wildman–Crippen MR) is 90.5 cm³/mol. The van der Waals surface area contributed by atoms with Crippen molar-refractivity contribution in [1.82, 2.24) is 5.43 Å². The van der Waals surface area contributed by atoms with E-state index in [2.05, 4.69) is 20.8 Å². The first-order valence-corrected chi connectivity index (χ1v) is 8.81. The Balaban J connectivity index is 0.000000231. The molecule has 0 heterocycles. The summed E-state index contributed by atoms with van der Waals surface area (Å²) in [5.41, 5.74) is 3.19. The molecule has 0 aromatic rings. The van der Waals surface area contributed by atoms with Gasteiger partial charge in [-0.3, -0.25) is 0 Å². The van der Waals surface area contributed by atoms with Gasteiger partial charge in [-0.2, -0.15) is 15.3 Å². The molecule has 4 N–H and O–H groups in total. The summed E-state index contributed by atoms with van der Waals surface area (Å²) in [6.07, 6.45) is 10.8. The minimum Gasteiger partial charge on any atom is -0.394 e. The summed E-state index contributed by atoms with van der Waals surface area (Å²) >= 11 is 0. The van der Waals surface area contributed by atoms with Crippen molar-refractivity contribution in [1.29, 1.82) is 0 Å². The molecule has 0 unspecified atom stereocenters. The average Bonchev–Trinajstić information content (AvgIpc) is 2.58. The third-order valence-electron chi connectivity index (χ3n) is 4.00. The van der Waals surface area contributed by atoms with Gasteiger partial charge in [-0.1, -0.05) is 12.8 Å². The number of aliphatic hydroxyl groups excluding tert-OH is 2. The van der Waals surface area contributed by atoms with Gasteiger partial charge in [0.05, 0.1) is 26.3 Å². The van der Waals surface area contributed by atoms with Gasteiger partial charge in [0.2, 0.25) is 0 Å². The Labute approximate surface area is 138 Å². The van der Waals surface area contributed by atoms with Gasteiger partial charge < -0.3 is 20.7 Å². The monoisotopic (exact) mass is 328 g/mol. The minimum absolute atomic E-state index is 0.000417. The van der Waals surface area contributed by atoms with Crippen LogP contribution in [0.2, 0.25) is 0 Å². The first-order valence-electron chi connectivity index (χ1n) is 8.81. The van der Waals surface area contributed by atoms with Crippen LogP contribution in [0.3, 0.4) is 0 Å². The Morgan fingerprint density at radius 3 is 2.17 bits per heavy atom. The lowest BCUT2D eigenvalue weighted by atomic mass is 9.93. The topological polar surface area (TPSA) is 110 Å². The van der Waals surface area contributed by atoms with Gasteiger partial charge in [-0.25, -0.2) is 0 Å². The Morgan fingerprint density at radius 2 is 1.57 bits per heavy atom. The van der Waals surface area contributed by atoms with Crippen molar-refractivity contribution >= 4 is 5.71 Å². The predicted octanol–water partition coefficient (Wildman–Crippen LogP) is 1.97. The van der Waals surface area contributed by atoms with Gasteiger partial charge in [0.15, 0.2) is 5.72 Å². The van der Waals surface area contributed by atoms with Crippen LogP contribution < -0.4 is 5.43 Å². The third-order valence-corrected chi connectivity index (χ3v) is 4.00. The third kappa shape index (κ3) is 9.63. The highest BCUT2D eigenvalue weighted by Crippen LogP contribution is 2.29. The number of rotatable bonds is 6. The van der Waals surface area contributed by atoms with Crippen LogP contribution in [0.15, 0.2) is 15.3 Å². The molecule has 134 valence electrons. The first-order chi connectivity index (χ1) is 11.2. The molecule has 2 saturated carbocycles. The van der Waals surface area contributed by atoms with Crippen molar-refractivity contribution in [2.75, 3.05) is 26.3 Å². The molecular weight excluding hydrogens is 296 g/mol. The van der Waals surface area contributed by atoms with Gasteiger partial charge in [0.1, 0.15) is 0 Å². The van der Waals surface area contributed by atoms with Gasteiger partial charge in [-0.05, 0) is 51.4 Å². The molecule has 2 rings (SSSR count). The highest BCUT2D eigenvalue weighted by Gasteiger charge is 2.28. The maximum Gasteiger partial charge on any atom is 0.176 e. The van der Waals surface area contributed by atoms with Gasteiger partial charge in [0.25, 0.3) is 0 Å². The maximum absolute atomic E-state index is 9.76. The molecule has 2 aliphatic carbocycles. The number of aliphatic hydroxyl groups is 3. The molecule has 7 nitrogen and oxygen atoms in total. The summed E-state index contributed by atoms with van der Waals surface area (Å²) in [6.45, 7) is 1.03. The zero-order valence-electron chi connectivity index (χ0n) is 14.1. The molecule has 0 spiro atoms. The van der Waals surface area contributed by atoms with Crippen LogP contribution in [0.5, 0.6) is 0 Å². The Kier molecular flexibility index (Phi) is 10.8. The highest BCUT2D eigenvalue weighted by molar-refractivity contribution is 5.84. The summed E-state index contributed by atoms with van der Waals surface area (Å²) < 4.78 is 0. The number of hydrazone groups is 1. The van der Waals surface area contributed by atoms with Crippen molar-refractivity contribution in [3.63, 3.8) is 0 Å². The molecule has 0 aromatic carbocycles. The summed E-state index contributed by atoms with van der Waals surface area (Å²) in [4.78, 5) is 0. The molecule has 23 heavy (non-hydrogen) atoms. The van der Waals surface area contributed by atoms with Crippen LogP contribution in [0, 0.1) is 0 Å². The van der Waals surface area contributed by atoms with Crippen LogP contribution in [0.25, 0.3) is 0 Å². The van der Waals surface area contributed by atoms with Crippen LogP contribution >= 0.6 is 0 Å². The number of nitrogens with zero attached hydrogens (tertiary/aromatic N) is 3. The second-order valence-corrected chi connectivity index (χ2v) is 6.10. The summed E-state index contributed by atoms with van der Waals surface area (Å²) in [5.74, 6) is 0. The zero-order valence-corrected chi connectivity index (χ0v) is 14.1. The number of azo groups is 1. The normalized spacial score (nSPS) is 20.7. The fourth-order valence-electron chi connectivity index (χ4n) is 2.73. The summed E-state index contributed by atoms with van der Waals surface area (Å²) in [5, 5.41) is 38.4. The van der Waals surface area contributed by atoms with Gasteiger partial charge in [0, 0.05) is 5.71 Å². The van der Waals surface area contributed by atoms with Crippen molar-refractivity contribution in [2.24, 2.45) is 15.3 Å². The smallest absolute Gasteiger partial charge is 0.176 e. The van der Waals surface area contributed by atoms with Crippen molar-refractivity contribution in [3.8, 4) is 0 Å². The molecule has 0 aromatic heterocycles. The fourth-order valence-corrected chi connectivity index (χ4v) is 2.73. The average molecular weight is 328 g/mol. The molecule has 7 heteroatoms. The minimum atomic E-state index is -0.923. The summed E-state index contributed by atoms with van der Waals surface area (Å²) in [7, 11) is 0. The highest BCUT2D eigenvalue weighted by atomic mass is 16.3. The van der Waals surface area contributed by atoms with Crippen molar-refractivity contribution < 1.29 is 15.3 Å². The zero-order chi connectivity index (χ0) is 16.8. The molecule has 0 aliphatic heterocycles. The van der Waals surface area contributed by atoms with E-state index in [0.29, 0.717) is 25.9 Å². The second-order valence-electron chi connectivity index (χ2n) is 6.10. The van der Waals surface area contributed by atoms with Crippen molar-refractivity contribution in [3.05, 3.63) is 0 Å². The standard InChI is InChI=1S/C8H16N2O2.C8H16N2O/c11-7-6-9-10-8(12)4-2-1-3-5-8;11-7-6-9-10-8-4-2-1-3-5-8/h11-12H,1-7H2;9,11H,1-7H2/b10-9+;. The van der Waals surface area contributed by atoms with Crippen LogP contribution in [0.1, 0.15) is 64.2 Å². The lowest BCUT2D eigenvalue weighted by molar-refractivity contribution is 0.00499. The van der Waals surface area contributed by atoms with Gasteiger partial charge in [-0.15, -0.1) is 0 Å². The van der Waals surface area contributed by atoms with Crippen LogP contribution in [-0.4, -0.2) is 53.1 Å². The van der Waals surface area contributed by atoms with E-state index in [4.69, 9.17) is 10.2 Å². The molecule has 0 radical (unpaired) electrons. The maximum atomic E-state index is 9.76. The largest absolute Gasteiger partial charge is 0.394 e. The van der Waals surface area contributed by atoms with E-state index in [9.17, 15) is 5.11 Å². The Hall–Kier alpha value is -1.05. The SMILES string of the molecule is OCC/N=N/C1(O)CCCCC1.OCCNN=C1CCCCC1. The van der Waals surface area contributed by atoms with E-state index in [0.717, 1.165) is 25.7 Å². The number of hydrogen-bond donors (Lipinski definition) is 4. The van der Waals surface area contributed by atoms with Crippen molar-refractivity contribution in [2.45, 2.75) is 69.9 Å². The van der Waals surface area contributed by atoms with Crippen LogP contribution in [0.4, 0.5) is 0 Å². The lowest BCUT2D eigenvalue weighted by Crippen LogP contribution is -2.28. The van der Waals surface area contributed by atoms with E-state index in [-0.39, 0.29) is 13.2 Å². The molecular formula is C16H32N4O3. The van der Waals surface area contributed by atoms with Gasteiger partial charge >= 0.3 is 0 Å². The van der Waals surface area contributed by atoms with E-state index in [1.54, 1.807) is 0 Å². The van der Waals surface area contributed by atoms with Crippen LogP contribution in [-0.2, 0) is 0 Å². The second kappa shape index (κ2) is 12.4. The summed E-state index contributed by atoms with van der Waals surface area (Å²) in [6, 6.07) is 0. The van der Waals surface area contributed by atoms with E-state index < -0.39 is 5.72 Å². The first kappa shape index (κ1) is 20.0. The Bertz CT molecular complexity index is 347. The number of hydrogen-bond acceptors (Lipinski definition) is 7. The fraction of sp³-hybridized carbons (Fsp3) is 0.938.